The second kappa shape index (κ2) is 5.81. The van der Waals surface area contributed by atoms with E-state index in [9.17, 15) is 0 Å². The number of tetrazole rings is 1. The topological polar surface area (TPSA) is 56.5 Å². The summed E-state index contributed by atoms with van der Waals surface area (Å²) in [7, 11) is 0. The van der Waals surface area contributed by atoms with E-state index in [1.165, 1.54) is 4.80 Å². The van der Waals surface area contributed by atoms with Crippen LogP contribution in [-0.4, -0.2) is 25.2 Å². The van der Waals surface area contributed by atoms with E-state index in [1.807, 2.05) is 54.6 Å². The minimum absolute atomic E-state index is 0.510. The zero-order chi connectivity index (χ0) is 15.5. The van der Waals surface area contributed by atoms with Crippen molar-refractivity contribution >= 4 is 0 Å². The third kappa shape index (κ3) is 2.72. The van der Waals surface area contributed by atoms with Crippen LogP contribution >= 0.6 is 0 Å². The summed E-state index contributed by atoms with van der Waals surface area (Å²) in [5.74, 6) is 0.510. The molecule has 0 amide bonds. The Morgan fingerprint density at radius 1 is 0.739 bits per heavy atom. The molecule has 0 radical (unpaired) electrons. The molecule has 4 aromatic rings. The van der Waals surface area contributed by atoms with Crippen LogP contribution in [0.25, 0.3) is 28.3 Å². The van der Waals surface area contributed by atoms with E-state index < -0.39 is 0 Å². The first-order valence-corrected chi connectivity index (χ1v) is 7.27. The molecule has 0 aliphatic heterocycles. The van der Waals surface area contributed by atoms with Gasteiger partial charge in [-0.15, -0.1) is 15.0 Å². The van der Waals surface area contributed by atoms with Crippen LogP contribution in [0, 0.1) is 0 Å². The van der Waals surface area contributed by atoms with Crippen molar-refractivity contribution in [3.63, 3.8) is 0 Å². The SMILES string of the molecule is c1ccc(-c2cccc(-n3nnc(-c4ccccn4)n3)c2)cc1. The minimum Gasteiger partial charge on any atom is -0.253 e. The Kier molecular flexibility index (Phi) is 3.37. The third-order valence-electron chi connectivity index (χ3n) is 3.49. The lowest BCUT2D eigenvalue weighted by Crippen LogP contribution is -1.99. The fourth-order valence-electron chi connectivity index (χ4n) is 2.36. The summed E-state index contributed by atoms with van der Waals surface area (Å²) in [6.45, 7) is 0. The van der Waals surface area contributed by atoms with E-state index >= 15 is 0 Å². The third-order valence-corrected chi connectivity index (χ3v) is 3.49. The zero-order valence-corrected chi connectivity index (χ0v) is 12.2. The van der Waals surface area contributed by atoms with Crippen LogP contribution in [0.1, 0.15) is 0 Å². The molecule has 5 heteroatoms. The van der Waals surface area contributed by atoms with Crippen molar-refractivity contribution in [2.24, 2.45) is 0 Å². The van der Waals surface area contributed by atoms with E-state index in [4.69, 9.17) is 0 Å². The highest BCUT2D eigenvalue weighted by Gasteiger charge is 2.08. The van der Waals surface area contributed by atoms with Gasteiger partial charge in [-0.2, -0.15) is 0 Å². The second-order valence-corrected chi connectivity index (χ2v) is 5.03. The highest BCUT2D eigenvalue weighted by Crippen LogP contribution is 2.21. The van der Waals surface area contributed by atoms with Gasteiger partial charge in [0.2, 0.25) is 5.82 Å². The number of benzene rings is 2. The lowest BCUT2D eigenvalue weighted by molar-refractivity contribution is 0.720. The number of nitrogens with zero attached hydrogens (tertiary/aromatic N) is 5. The van der Waals surface area contributed by atoms with E-state index in [2.05, 4.69) is 38.6 Å². The lowest BCUT2D eigenvalue weighted by Gasteiger charge is -2.04. The van der Waals surface area contributed by atoms with Gasteiger partial charge in [0.25, 0.3) is 0 Å². The Morgan fingerprint density at radius 2 is 1.57 bits per heavy atom. The van der Waals surface area contributed by atoms with E-state index in [0.29, 0.717) is 11.5 Å². The molecular formula is C18H13N5. The Labute approximate surface area is 133 Å². The molecule has 23 heavy (non-hydrogen) atoms. The van der Waals surface area contributed by atoms with Gasteiger partial charge in [-0.25, -0.2) is 0 Å². The molecule has 0 N–H and O–H groups in total. The van der Waals surface area contributed by atoms with Crippen molar-refractivity contribution in [2.45, 2.75) is 0 Å². The van der Waals surface area contributed by atoms with Crippen LogP contribution in [0.4, 0.5) is 0 Å². The number of pyridine rings is 1. The molecule has 0 bridgehead atoms. The fourth-order valence-corrected chi connectivity index (χ4v) is 2.36. The van der Waals surface area contributed by atoms with Crippen molar-refractivity contribution in [1.82, 2.24) is 25.2 Å². The molecule has 2 aromatic heterocycles. The molecule has 2 aromatic carbocycles. The predicted molar refractivity (Wildman–Crippen MR) is 87.8 cm³/mol. The van der Waals surface area contributed by atoms with E-state index in [0.717, 1.165) is 16.8 Å². The summed E-state index contributed by atoms with van der Waals surface area (Å²) in [6.07, 6.45) is 1.71. The summed E-state index contributed by atoms with van der Waals surface area (Å²) in [5.41, 5.74) is 3.83. The maximum Gasteiger partial charge on any atom is 0.223 e. The number of hydrogen-bond acceptors (Lipinski definition) is 4. The van der Waals surface area contributed by atoms with Crippen molar-refractivity contribution in [3.8, 4) is 28.3 Å². The quantitative estimate of drug-likeness (QED) is 0.582. The monoisotopic (exact) mass is 299 g/mol. The molecule has 2 heterocycles. The van der Waals surface area contributed by atoms with Crippen LogP contribution in [0.15, 0.2) is 79.0 Å². The van der Waals surface area contributed by atoms with Crippen LogP contribution in [0.2, 0.25) is 0 Å². The van der Waals surface area contributed by atoms with Crippen LogP contribution in [0.5, 0.6) is 0 Å². The largest absolute Gasteiger partial charge is 0.253 e. The van der Waals surface area contributed by atoms with Gasteiger partial charge in [-0.1, -0.05) is 48.5 Å². The zero-order valence-electron chi connectivity index (χ0n) is 12.2. The van der Waals surface area contributed by atoms with Crippen LogP contribution in [0.3, 0.4) is 0 Å². The molecule has 0 aliphatic carbocycles. The fraction of sp³-hybridized carbons (Fsp3) is 0. The standard InChI is InChI=1S/C18H13N5/c1-2-7-14(8-3-1)15-9-6-10-16(13-15)23-21-18(20-22-23)17-11-4-5-12-19-17/h1-13H. The smallest absolute Gasteiger partial charge is 0.223 e. The van der Waals surface area contributed by atoms with E-state index in [1.54, 1.807) is 6.20 Å². The molecule has 5 nitrogen and oxygen atoms in total. The van der Waals surface area contributed by atoms with Crippen molar-refractivity contribution in [2.75, 3.05) is 0 Å². The van der Waals surface area contributed by atoms with Crippen molar-refractivity contribution in [3.05, 3.63) is 79.0 Å². The van der Waals surface area contributed by atoms with Gasteiger partial charge in [0, 0.05) is 6.20 Å². The number of rotatable bonds is 3. The van der Waals surface area contributed by atoms with Gasteiger partial charge in [0.05, 0.1) is 5.69 Å². The average Bonchev–Trinajstić information content (AvgIpc) is 3.14. The Bertz CT molecular complexity index is 916. The highest BCUT2D eigenvalue weighted by molar-refractivity contribution is 5.65. The van der Waals surface area contributed by atoms with E-state index in [-0.39, 0.29) is 0 Å². The maximum atomic E-state index is 4.42. The number of hydrogen-bond donors (Lipinski definition) is 0. The van der Waals surface area contributed by atoms with Gasteiger partial charge in [0.1, 0.15) is 5.69 Å². The molecule has 0 spiro atoms. The molecule has 0 unspecified atom stereocenters. The molecule has 0 saturated carbocycles. The Hall–Kier alpha value is -3.34. The molecule has 110 valence electrons. The Morgan fingerprint density at radius 3 is 2.39 bits per heavy atom. The minimum atomic E-state index is 0.510. The van der Waals surface area contributed by atoms with Gasteiger partial charge in [0.15, 0.2) is 0 Å². The van der Waals surface area contributed by atoms with Gasteiger partial charge < -0.3 is 0 Å². The highest BCUT2D eigenvalue weighted by atomic mass is 15.6. The molecular weight excluding hydrogens is 286 g/mol. The second-order valence-electron chi connectivity index (χ2n) is 5.03. The number of aromatic nitrogens is 5. The molecule has 0 saturated heterocycles. The molecule has 0 fully saturated rings. The lowest BCUT2D eigenvalue weighted by atomic mass is 10.1. The first kappa shape index (κ1) is 13.3. The summed E-state index contributed by atoms with van der Waals surface area (Å²) in [6, 6.07) is 23.9. The van der Waals surface area contributed by atoms with Gasteiger partial charge >= 0.3 is 0 Å². The molecule has 0 atom stereocenters. The normalized spacial score (nSPS) is 10.6. The summed E-state index contributed by atoms with van der Waals surface area (Å²) < 4.78 is 0. The summed E-state index contributed by atoms with van der Waals surface area (Å²) in [5, 5.41) is 12.6. The average molecular weight is 299 g/mol. The van der Waals surface area contributed by atoms with Crippen LogP contribution < -0.4 is 0 Å². The van der Waals surface area contributed by atoms with Crippen molar-refractivity contribution in [1.29, 1.82) is 0 Å². The molecule has 0 aliphatic rings. The summed E-state index contributed by atoms with van der Waals surface area (Å²) in [4.78, 5) is 5.77. The van der Waals surface area contributed by atoms with Gasteiger partial charge in [-0.3, -0.25) is 4.98 Å². The first-order valence-electron chi connectivity index (χ1n) is 7.27. The summed E-state index contributed by atoms with van der Waals surface area (Å²) >= 11 is 0. The Balaban J connectivity index is 1.71. The maximum absolute atomic E-state index is 4.42. The first-order chi connectivity index (χ1) is 11.4. The van der Waals surface area contributed by atoms with Crippen LogP contribution in [-0.2, 0) is 0 Å². The van der Waals surface area contributed by atoms with Gasteiger partial charge in [-0.05, 0) is 40.6 Å². The predicted octanol–water partition coefficient (Wildman–Crippen LogP) is 3.39. The molecule has 4 rings (SSSR count). The van der Waals surface area contributed by atoms with Crippen molar-refractivity contribution < 1.29 is 0 Å².